The molecule has 0 bridgehead atoms. The van der Waals surface area contributed by atoms with Gasteiger partial charge in [-0.05, 0) is 36.4 Å². The van der Waals surface area contributed by atoms with Crippen molar-refractivity contribution in [1.29, 1.82) is 0 Å². The number of benzene rings is 2. The molecule has 0 aliphatic carbocycles. The van der Waals surface area contributed by atoms with Crippen molar-refractivity contribution in [3.63, 3.8) is 0 Å². The van der Waals surface area contributed by atoms with E-state index in [-0.39, 0.29) is 11.8 Å². The second-order valence-corrected chi connectivity index (χ2v) is 6.66. The lowest BCUT2D eigenvalue weighted by atomic mass is 10.1. The van der Waals surface area contributed by atoms with Gasteiger partial charge in [-0.1, -0.05) is 40.5 Å². The molecule has 7 heteroatoms. The summed E-state index contributed by atoms with van der Waals surface area (Å²) in [6, 6.07) is 14.5. The van der Waals surface area contributed by atoms with E-state index < -0.39 is 0 Å². The first-order chi connectivity index (χ1) is 12.1. The standard InChI is InChI=1S/C18H13Cl2N3O2/c19-13-7-5-11(6-8-13)17-21-18(25-22-17)12-9-16(24)23(10-12)15-4-2-1-3-14(15)20/h1-8,12H,9-10H2. The fourth-order valence-corrected chi connectivity index (χ4v) is 3.26. The first kappa shape index (κ1) is 16.1. The van der Waals surface area contributed by atoms with Gasteiger partial charge in [0.2, 0.25) is 17.6 Å². The molecule has 3 aromatic rings. The zero-order valence-electron chi connectivity index (χ0n) is 13.0. The summed E-state index contributed by atoms with van der Waals surface area (Å²) >= 11 is 12.1. The van der Waals surface area contributed by atoms with Crippen molar-refractivity contribution in [2.24, 2.45) is 0 Å². The number of anilines is 1. The number of aromatic nitrogens is 2. The lowest BCUT2D eigenvalue weighted by molar-refractivity contribution is -0.117. The highest BCUT2D eigenvalue weighted by Crippen LogP contribution is 2.35. The minimum Gasteiger partial charge on any atom is -0.339 e. The number of carbonyl (C=O) groups is 1. The van der Waals surface area contributed by atoms with Crippen molar-refractivity contribution < 1.29 is 9.32 Å². The van der Waals surface area contributed by atoms with Gasteiger partial charge in [-0.2, -0.15) is 4.98 Å². The molecular weight excluding hydrogens is 361 g/mol. The third kappa shape index (κ3) is 3.13. The molecule has 1 unspecified atom stereocenters. The van der Waals surface area contributed by atoms with Gasteiger partial charge in [0.25, 0.3) is 0 Å². The molecule has 0 N–H and O–H groups in total. The SMILES string of the molecule is O=C1CC(c2nc(-c3ccc(Cl)cc3)no2)CN1c1ccccc1Cl. The molecule has 0 saturated carbocycles. The normalized spacial score (nSPS) is 17.3. The van der Waals surface area contributed by atoms with Crippen LogP contribution >= 0.6 is 23.2 Å². The van der Waals surface area contributed by atoms with Crippen LogP contribution in [0.15, 0.2) is 53.1 Å². The number of amides is 1. The number of rotatable bonds is 3. The van der Waals surface area contributed by atoms with Crippen molar-refractivity contribution in [2.45, 2.75) is 12.3 Å². The molecule has 1 aromatic heterocycles. The highest BCUT2D eigenvalue weighted by molar-refractivity contribution is 6.33. The van der Waals surface area contributed by atoms with Crippen LogP contribution in [0.4, 0.5) is 5.69 Å². The Bertz CT molecular complexity index is 924. The van der Waals surface area contributed by atoms with E-state index in [1.54, 1.807) is 23.1 Å². The Balaban J connectivity index is 1.57. The van der Waals surface area contributed by atoms with Crippen molar-refractivity contribution in [3.05, 3.63) is 64.5 Å². The number of carbonyl (C=O) groups excluding carboxylic acids is 1. The molecule has 4 rings (SSSR count). The smallest absolute Gasteiger partial charge is 0.232 e. The maximum atomic E-state index is 12.4. The van der Waals surface area contributed by atoms with Gasteiger partial charge in [0.05, 0.1) is 16.6 Å². The van der Waals surface area contributed by atoms with Crippen LogP contribution < -0.4 is 4.90 Å². The summed E-state index contributed by atoms with van der Waals surface area (Å²) < 4.78 is 5.39. The maximum Gasteiger partial charge on any atom is 0.232 e. The Morgan fingerprint density at radius 1 is 1.08 bits per heavy atom. The second kappa shape index (κ2) is 6.50. The molecule has 2 aromatic carbocycles. The summed E-state index contributed by atoms with van der Waals surface area (Å²) in [4.78, 5) is 18.5. The molecule has 1 atom stereocenters. The third-order valence-corrected chi connectivity index (χ3v) is 4.73. The molecule has 126 valence electrons. The maximum absolute atomic E-state index is 12.4. The average molecular weight is 374 g/mol. The van der Waals surface area contributed by atoms with Crippen molar-refractivity contribution in [2.75, 3.05) is 11.4 Å². The minimum absolute atomic E-state index is 0.00987. The molecule has 5 nitrogen and oxygen atoms in total. The van der Waals surface area contributed by atoms with E-state index in [9.17, 15) is 4.79 Å². The molecule has 25 heavy (non-hydrogen) atoms. The van der Waals surface area contributed by atoms with Crippen LogP contribution in [-0.4, -0.2) is 22.6 Å². The van der Waals surface area contributed by atoms with Gasteiger partial charge in [-0.3, -0.25) is 4.79 Å². The molecular formula is C18H13Cl2N3O2. The number of nitrogens with zero attached hydrogens (tertiary/aromatic N) is 3. The fraction of sp³-hybridized carbons (Fsp3) is 0.167. The molecule has 1 saturated heterocycles. The summed E-state index contributed by atoms with van der Waals surface area (Å²) in [5.41, 5.74) is 1.51. The monoisotopic (exact) mass is 373 g/mol. The zero-order chi connectivity index (χ0) is 17.4. The fourth-order valence-electron chi connectivity index (χ4n) is 2.89. The summed E-state index contributed by atoms with van der Waals surface area (Å²) in [6.45, 7) is 0.463. The summed E-state index contributed by atoms with van der Waals surface area (Å²) in [5, 5.41) is 5.20. The lowest BCUT2D eigenvalue weighted by Crippen LogP contribution is -2.24. The lowest BCUT2D eigenvalue weighted by Gasteiger charge is -2.17. The van der Waals surface area contributed by atoms with E-state index in [1.807, 2.05) is 30.3 Å². The molecule has 1 aliphatic heterocycles. The Kier molecular flexibility index (Phi) is 4.19. The highest BCUT2D eigenvalue weighted by atomic mass is 35.5. The van der Waals surface area contributed by atoms with E-state index in [4.69, 9.17) is 27.7 Å². The predicted octanol–water partition coefficient (Wildman–Crippen LogP) is 4.56. The Morgan fingerprint density at radius 3 is 2.60 bits per heavy atom. The van der Waals surface area contributed by atoms with Crippen LogP contribution in [0.3, 0.4) is 0 Å². The predicted molar refractivity (Wildman–Crippen MR) is 95.9 cm³/mol. The van der Waals surface area contributed by atoms with E-state index in [0.717, 1.165) is 5.56 Å². The van der Waals surface area contributed by atoms with Crippen LogP contribution in [0.1, 0.15) is 18.2 Å². The number of hydrogen-bond donors (Lipinski definition) is 0. The van der Waals surface area contributed by atoms with E-state index in [2.05, 4.69) is 10.1 Å². The van der Waals surface area contributed by atoms with Crippen molar-refractivity contribution >= 4 is 34.8 Å². The van der Waals surface area contributed by atoms with Gasteiger partial charge in [0.1, 0.15) is 0 Å². The van der Waals surface area contributed by atoms with Crippen LogP contribution in [-0.2, 0) is 4.79 Å². The molecule has 0 spiro atoms. The summed E-state index contributed by atoms with van der Waals surface area (Å²) in [6.07, 6.45) is 0.313. The Hall–Kier alpha value is -2.37. The van der Waals surface area contributed by atoms with Crippen LogP contribution in [0.25, 0.3) is 11.4 Å². The van der Waals surface area contributed by atoms with Gasteiger partial charge in [-0.25, -0.2) is 0 Å². The molecule has 1 amide bonds. The van der Waals surface area contributed by atoms with Gasteiger partial charge >= 0.3 is 0 Å². The van der Waals surface area contributed by atoms with E-state index in [1.165, 1.54) is 0 Å². The Labute approximate surface area is 154 Å². The average Bonchev–Trinajstić information content (AvgIpc) is 3.23. The second-order valence-electron chi connectivity index (χ2n) is 5.82. The van der Waals surface area contributed by atoms with Gasteiger partial charge in [-0.15, -0.1) is 0 Å². The van der Waals surface area contributed by atoms with Gasteiger partial charge in [0, 0.05) is 23.6 Å². The van der Waals surface area contributed by atoms with Crippen molar-refractivity contribution in [1.82, 2.24) is 10.1 Å². The van der Waals surface area contributed by atoms with Gasteiger partial charge in [0.15, 0.2) is 0 Å². The highest BCUT2D eigenvalue weighted by Gasteiger charge is 2.35. The summed E-state index contributed by atoms with van der Waals surface area (Å²) in [7, 11) is 0. The largest absolute Gasteiger partial charge is 0.339 e. The molecule has 1 aliphatic rings. The Morgan fingerprint density at radius 2 is 1.84 bits per heavy atom. The van der Waals surface area contributed by atoms with Crippen LogP contribution in [0, 0.1) is 0 Å². The van der Waals surface area contributed by atoms with Crippen LogP contribution in [0.5, 0.6) is 0 Å². The van der Waals surface area contributed by atoms with E-state index >= 15 is 0 Å². The number of para-hydroxylation sites is 1. The number of hydrogen-bond acceptors (Lipinski definition) is 4. The quantitative estimate of drug-likeness (QED) is 0.674. The first-order valence-electron chi connectivity index (χ1n) is 7.76. The zero-order valence-corrected chi connectivity index (χ0v) is 14.5. The first-order valence-corrected chi connectivity index (χ1v) is 8.52. The third-order valence-electron chi connectivity index (χ3n) is 4.16. The minimum atomic E-state index is -0.155. The summed E-state index contributed by atoms with van der Waals surface area (Å²) in [5.74, 6) is 0.768. The van der Waals surface area contributed by atoms with E-state index in [0.29, 0.717) is 40.4 Å². The number of halogens is 2. The van der Waals surface area contributed by atoms with Crippen molar-refractivity contribution in [3.8, 4) is 11.4 Å². The molecule has 1 fully saturated rings. The van der Waals surface area contributed by atoms with Gasteiger partial charge < -0.3 is 9.42 Å². The van der Waals surface area contributed by atoms with Crippen LogP contribution in [0.2, 0.25) is 10.0 Å². The molecule has 0 radical (unpaired) electrons. The molecule has 2 heterocycles. The topological polar surface area (TPSA) is 59.2 Å².